The Kier molecular flexibility index (Phi) is 5.56. The van der Waals surface area contributed by atoms with Gasteiger partial charge >= 0.3 is 0 Å². The third-order valence-electron chi connectivity index (χ3n) is 4.23. The molecule has 1 aliphatic heterocycles. The first-order chi connectivity index (χ1) is 11.5. The van der Waals surface area contributed by atoms with E-state index in [2.05, 4.69) is 9.62 Å². The molecule has 4 nitrogen and oxygen atoms in total. The number of likely N-dealkylation sites (tertiary alicyclic amines) is 1. The van der Waals surface area contributed by atoms with Gasteiger partial charge in [-0.3, -0.25) is 4.90 Å². The summed E-state index contributed by atoms with van der Waals surface area (Å²) in [7, 11) is -3.47. The van der Waals surface area contributed by atoms with Gasteiger partial charge < -0.3 is 0 Å². The minimum atomic E-state index is -3.47. The molecule has 0 aliphatic carbocycles. The number of rotatable bonds is 5. The molecule has 3 rings (SSSR count). The Labute approximate surface area is 148 Å². The second kappa shape index (κ2) is 7.66. The third-order valence-corrected chi connectivity index (χ3v) is 6.14. The molecule has 128 valence electrons. The van der Waals surface area contributed by atoms with Crippen LogP contribution in [0.3, 0.4) is 0 Å². The summed E-state index contributed by atoms with van der Waals surface area (Å²) >= 11 is 6.23. The molecule has 6 heteroatoms. The van der Waals surface area contributed by atoms with Gasteiger partial charge in [0.15, 0.2) is 0 Å². The highest BCUT2D eigenvalue weighted by Gasteiger charge is 2.25. The Morgan fingerprint density at radius 1 is 1.08 bits per heavy atom. The van der Waals surface area contributed by atoms with Gasteiger partial charge in [-0.05, 0) is 43.1 Å². The fourth-order valence-electron chi connectivity index (χ4n) is 3.05. The molecule has 1 saturated heterocycles. The van der Waals surface area contributed by atoms with E-state index in [-0.39, 0.29) is 6.04 Å². The van der Waals surface area contributed by atoms with Crippen LogP contribution in [0.4, 0.5) is 0 Å². The molecule has 1 unspecified atom stereocenters. The van der Waals surface area contributed by atoms with Gasteiger partial charge in [0.25, 0.3) is 0 Å². The van der Waals surface area contributed by atoms with E-state index in [4.69, 9.17) is 11.6 Å². The second-order valence-corrected chi connectivity index (χ2v) is 8.22. The van der Waals surface area contributed by atoms with Crippen LogP contribution < -0.4 is 4.72 Å². The summed E-state index contributed by atoms with van der Waals surface area (Å²) in [6.07, 6.45) is 1.82. The number of hydrogen-bond donors (Lipinski definition) is 1. The summed E-state index contributed by atoms with van der Waals surface area (Å²) in [5.74, 6) is 0. The minimum absolute atomic E-state index is 0.0774. The van der Waals surface area contributed by atoms with Crippen molar-refractivity contribution in [3.8, 4) is 0 Å². The second-order valence-electron chi connectivity index (χ2n) is 6.10. The molecule has 1 heterocycles. The van der Waals surface area contributed by atoms with Gasteiger partial charge in [-0.1, -0.05) is 48.0 Å². The summed E-state index contributed by atoms with van der Waals surface area (Å²) < 4.78 is 27.8. The molecule has 2 aromatic rings. The van der Waals surface area contributed by atoms with Crippen molar-refractivity contribution in [1.82, 2.24) is 9.62 Å². The van der Waals surface area contributed by atoms with Crippen molar-refractivity contribution in [2.45, 2.75) is 30.3 Å². The minimum Gasteiger partial charge on any atom is -0.297 e. The number of sulfonamides is 1. The predicted octanol–water partition coefficient (Wildman–Crippen LogP) is 3.28. The first-order valence-corrected chi connectivity index (χ1v) is 9.94. The first kappa shape index (κ1) is 17.4. The Hall–Kier alpha value is -1.40. The summed E-state index contributed by atoms with van der Waals surface area (Å²) in [4.78, 5) is 2.57. The van der Waals surface area contributed by atoms with E-state index in [1.165, 1.54) is 0 Å². The van der Waals surface area contributed by atoms with E-state index < -0.39 is 10.0 Å². The lowest BCUT2D eigenvalue weighted by Crippen LogP contribution is -2.47. The normalized spacial score (nSPS) is 19.3. The monoisotopic (exact) mass is 364 g/mol. The lowest BCUT2D eigenvalue weighted by atomic mass is 10.1. The van der Waals surface area contributed by atoms with Crippen molar-refractivity contribution in [1.29, 1.82) is 0 Å². The average Bonchev–Trinajstić information content (AvgIpc) is 2.58. The number of hydrogen-bond acceptors (Lipinski definition) is 3. The molecule has 1 N–H and O–H groups in total. The Balaban J connectivity index is 1.65. The van der Waals surface area contributed by atoms with E-state index in [0.717, 1.165) is 36.5 Å². The molecule has 0 saturated carbocycles. The molecule has 0 amide bonds. The van der Waals surface area contributed by atoms with Crippen molar-refractivity contribution >= 4 is 21.6 Å². The molecular weight excluding hydrogens is 344 g/mol. The lowest BCUT2D eigenvalue weighted by molar-refractivity contribution is 0.194. The lowest BCUT2D eigenvalue weighted by Gasteiger charge is -2.33. The van der Waals surface area contributed by atoms with E-state index in [1.807, 2.05) is 30.3 Å². The smallest absolute Gasteiger partial charge is 0.240 e. The van der Waals surface area contributed by atoms with Crippen molar-refractivity contribution in [2.75, 3.05) is 13.1 Å². The zero-order valence-electron chi connectivity index (χ0n) is 13.4. The Morgan fingerprint density at radius 3 is 2.54 bits per heavy atom. The molecule has 2 aromatic carbocycles. The van der Waals surface area contributed by atoms with Crippen LogP contribution in [0.15, 0.2) is 59.5 Å². The van der Waals surface area contributed by atoms with Gasteiger partial charge in [0.1, 0.15) is 0 Å². The first-order valence-electron chi connectivity index (χ1n) is 8.08. The fraction of sp³-hybridized carbons (Fsp3) is 0.333. The zero-order chi connectivity index (χ0) is 17.0. The highest BCUT2D eigenvalue weighted by atomic mass is 35.5. The van der Waals surface area contributed by atoms with Gasteiger partial charge in [-0.15, -0.1) is 0 Å². The van der Waals surface area contributed by atoms with Crippen molar-refractivity contribution < 1.29 is 8.42 Å². The maximum absolute atomic E-state index is 12.5. The largest absolute Gasteiger partial charge is 0.297 e. The van der Waals surface area contributed by atoms with Gasteiger partial charge in [0, 0.05) is 24.2 Å². The van der Waals surface area contributed by atoms with Crippen LogP contribution in [0.1, 0.15) is 18.4 Å². The fourth-order valence-corrected chi connectivity index (χ4v) is 4.53. The third kappa shape index (κ3) is 4.36. The topological polar surface area (TPSA) is 49.4 Å². The molecular formula is C18H21ClN2O2S. The zero-order valence-corrected chi connectivity index (χ0v) is 14.9. The Bertz CT molecular complexity index is 781. The van der Waals surface area contributed by atoms with Crippen LogP contribution >= 0.6 is 11.6 Å². The molecule has 0 radical (unpaired) electrons. The maximum atomic E-state index is 12.5. The van der Waals surface area contributed by atoms with Crippen LogP contribution in [-0.4, -0.2) is 32.4 Å². The number of piperidine rings is 1. The maximum Gasteiger partial charge on any atom is 0.240 e. The summed E-state index contributed by atoms with van der Waals surface area (Å²) in [5, 5.41) is 0.754. The number of nitrogens with zero attached hydrogens (tertiary/aromatic N) is 1. The number of benzene rings is 2. The summed E-state index contributed by atoms with van der Waals surface area (Å²) in [6, 6.07) is 16.2. The number of halogens is 1. The van der Waals surface area contributed by atoms with Crippen molar-refractivity contribution in [3.63, 3.8) is 0 Å². The molecule has 1 aliphatic rings. The highest BCUT2D eigenvalue weighted by Crippen LogP contribution is 2.20. The SMILES string of the molecule is O=S(=O)(NC1CCCN(Cc2ccccc2Cl)C1)c1ccccc1. The van der Waals surface area contributed by atoms with Gasteiger partial charge in [-0.25, -0.2) is 13.1 Å². The van der Waals surface area contributed by atoms with Crippen LogP contribution in [0.2, 0.25) is 5.02 Å². The predicted molar refractivity (Wildman–Crippen MR) is 96.5 cm³/mol. The number of nitrogens with one attached hydrogen (secondary N) is 1. The molecule has 1 fully saturated rings. The highest BCUT2D eigenvalue weighted by molar-refractivity contribution is 7.89. The molecule has 24 heavy (non-hydrogen) atoms. The van der Waals surface area contributed by atoms with Gasteiger partial charge in [-0.2, -0.15) is 0 Å². The molecule has 0 aromatic heterocycles. The quantitative estimate of drug-likeness (QED) is 0.885. The molecule has 0 spiro atoms. The van der Waals surface area contributed by atoms with Crippen molar-refractivity contribution in [3.05, 3.63) is 65.2 Å². The standard InChI is InChI=1S/C18H21ClN2O2S/c19-18-11-5-4-7-15(18)13-21-12-6-8-16(14-21)20-24(22,23)17-9-2-1-3-10-17/h1-5,7,9-11,16,20H,6,8,12-14H2. The molecule has 0 bridgehead atoms. The van der Waals surface area contributed by atoms with Crippen LogP contribution in [0.5, 0.6) is 0 Å². The van der Waals surface area contributed by atoms with Crippen LogP contribution in [0.25, 0.3) is 0 Å². The van der Waals surface area contributed by atoms with Crippen LogP contribution in [-0.2, 0) is 16.6 Å². The van der Waals surface area contributed by atoms with E-state index in [0.29, 0.717) is 11.4 Å². The van der Waals surface area contributed by atoms with Crippen molar-refractivity contribution in [2.24, 2.45) is 0 Å². The average molecular weight is 365 g/mol. The summed E-state index contributed by atoms with van der Waals surface area (Å²) in [6.45, 7) is 2.38. The van der Waals surface area contributed by atoms with E-state index in [9.17, 15) is 8.42 Å². The summed E-state index contributed by atoms with van der Waals surface area (Å²) in [5.41, 5.74) is 1.07. The van der Waals surface area contributed by atoms with Crippen LogP contribution in [0, 0.1) is 0 Å². The van der Waals surface area contributed by atoms with Gasteiger partial charge in [0.2, 0.25) is 10.0 Å². The molecule has 1 atom stereocenters. The Morgan fingerprint density at radius 2 is 1.79 bits per heavy atom. The van der Waals surface area contributed by atoms with E-state index in [1.54, 1.807) is 24.3 Å². The van der Waals surface area contributed by atoms with E-state index >= 15 is 0 Å². The van der Waals surface area contributed by atoms with Gasteiger partial charge in [0.05, 0.1) is 4.90 Å².